The SMILES string of the molecule is CCNC(=NCCCOc1ccc(OC)cc1)N(C)Cc1cn(C)nc1C(C)C.I. The van der Waals surface area contributed by atoms with Crippen LogP contribution in [0.3, 0.4) is 0 Å². The average Bonchev–Trinajstić information content (AvgIpc) is 3.07. The first-order valence-electron chi connectivity index (χ1n) is 10.2. The molecule has 1 N–H and O–H groups in total. The lowest BCUT2D eigenvalue weighted by Crippen LogP contribution is -2.38. The zero-order valence-corrected chi connectivity index (χ0v) is 21.3. The molecule has 8 heteroatoms. The maximum absolute atomic E-state index is 5.78. The minimum Gasteiger partial charge on any atom is -0.497 e. The molecule has 0 unspecified atom stereocenters. The molecular weight excluding hydrogens is 493 g/mol. The Balaban J connectivity index is 0.00000450. The van der Waals surface area contributed by atoms with Gasteiger partial charge in [0, 0.05) is 51.9 Å². The summed E-state index contributed by atoms with van der Waals surface area (Å²) in [5.41, 5.74) is 2.38. The third kappa shape index (κ3) is 8.04. The highest BCUT2D eigenvalue weighted by molar-refractivity contribution is 14.0. The number of hydrogen-bond acceptors (Lipinski definition) is 4. The molecule has 2 aromatic rings. The predicted octanol–water partition coefficient (Wildman–Crippen LogP) is 4.04. The van der Waals surface area contributed by atoms with Gasteiger partial charge in [0.25, 0.3) is 0 Å². The van der Waals surface area contributed by atoms with E-state index in [2.05, 4.69) is 49.3 Å². The van der Waals surface area contributed by atoms with Crippen LogP contribution < -0.4 is 14.8 Å². The molecule has 0 saturated heterocycles. The van der Waals surface area contributed by atoms with Gasteiger partial charge in [-0.3, -0.25) is 9.67 Å². The van der Waals surface area contributed by atoms with Crippen molar-refractivity contribution in [3.63, 3.8) is 0 Å². The second-order valence-electron chi connectivity index (χ2n) is 7.34. The van der Waals surface area contributed by atoms with Gasteiger partial charge in [-0.05, 0) is 37.1 Å². The second-order valence-corrected chi connectivity index (χ2v) is 7.34. The van der Waals surface area contributed by atoms with Gasteiger partial charge in [-0.1, -0.05) is 13.8 Å². The van der Waals surface area contributed by atoms with Gasteiger partial charge in [0.15, 0.2) is 5.96 Å². The van der Waals surface area contributed by atoms with Crippen LogP contribution >= 0.6 is 24.0 Å². The van der Waals surface area contributed by atoms with Crippen molar-refractivity contribution in [3.05, 3.63) is 41.7 Å². The van der Waals surface area contributed by atoms with Gasteiger partial charge in [-0.25, -0.2) is 0 Å². The van der Waals surface area contributed by atoms with E-state index >= 15 is 0 Å². The van der Waals surface area contributed by atoms with E-state index in [0.717, 1.165) is 42.7 Å². The first kappa shape index (κ1) is 26.1. The van der Waals surface area contributed by atoms with Gasteiger partial charge in [0.2, 0.25) is 0 Å². The molecule has 7 nitrogen and oxygen atoms in total. The number of ether oxygens (including phenoxy) is 2. The van der Waals surface area contributed by atoms with E-state index in [4.69, 9.17) is 14.5 Å². The van der Waals surface area contributed by atoms with Crippen LogP contribution in [0.1, 0.15) is 44.4 Å². The molecule has 1 aromatic heterocycles. The molecule has 1 heterocycles. The van der Waals surface area contributed by atoms with E-state index in [-0.39, 0.29) is 24.0 Å². The summed E-state index contributed by atoms with van der Waals surface area (Å²) < 4.78 is 12.8. The Morgan fingerprint density at radius 2 is 1.90 bits per heavy atom. The van der Waals surface area contributed by atoms with Gasteiger partial charge in [0.05, 0.1) is 19.4 Å². The normalized spacial score (nSPS) is 11.2. The monoisotopic (exact) mass is 529 g/mol. The van der Waals surface area contributed by atoms with Gasteiger partial charge < -0.3 is 19.7 Å². The molecule has 0 aliphatic rings. The van der Waals surface area contributed by atoms with E-state index in [0.29, 0.717) is 19.1 Å². The Labute approximate surface area is 197 Å². The lowest BCUT2D eigenvalue weighted by Gasteiger charge is -2.22. The molecule has 0 radical (unpaired) electrons. The Bertz CT molecular complexity index is 774. The standard InChI is InChI=1S/C22H35N5O2.HI/c1-7-23-22(26(4)15-18-16-27(5)25-21(18)17(2)3)24-13-8-14-29-20-11-9-19(28-6)10-12-20;/h9-12,16-17H,7-8,13-15H2,1-6H3,(H,23,24);1H. The van der Waals surface area contributed by atoms with Gasteiger partial charge in [-0.15, -0.1) is 24.0 Å². The third-order valence-electron chi connectivity index (χ3n) is 4.48. The molecule has 0 aliphatic carbocycles. The molecule has 168 valence electrons. The van der Waals surface area contributed by atoms with Crippen molar-refractivity contribution in [2.24, 2.45) is 12.0 Å². The number of rotatable bonds is 10. The minimum atomic E-state index is 0. The van der Waals surface area contributed by atoms with E-state index in [1.54, 1.807) is 7.11 Å². The predicted molar refractivity (Wildman–Crippen MR) is 133 cm³/mol. The second kappa shape index (κ2) is 13.4. The topological polar surface area (TPSA) is 63.9 Å². The molecule has 0 aliphatic heterocycles. The zero-order chi connectivity index (χ0) is 21.2. The molecule has 0 spiro atoms. The molecule has 0 saturated carbocycles. The van der Waals surface area contributed by atoms with Crippen LogP contribution in [0.4, 0.5) is 0 Å². The van der Waals surface area contributed by atoms with Crippen LogP contribution in [0.2, 0.25) is 0 Å². The maximum Gasteiger partial charge on any atom is 0.193 e. The largest absolute Gasteiger partial charge is 0.497 e. The summed E-state index contributed by atoms with van der Waals surface area (Å²) in [5.74, 6) is 2.97. The quantitative estimate of drug-likeness (QED) is 0.218. The fourth-order valence-corrected chi connectivity index (χ4v) is 3.07. The first-order chi connectivity index (χ1) is 13.9. The van der Waals surface area contributed by atoms with Crippen molar-refractivity contribution in [2.75, 3.05) is 33.9 Å². The van der Waals surface area contributed by atoms with Gasteiger partial charge >= 0.3 is 0 Å². The summed E-state index contributed by atoms with van der Waals surface area (Å²) in [6, 6.07) is 7.63. The molecule has 30 heavy (non-hydrogen) atoms. The fourth-order valence-electron chi connectivity index (χ4n) is 3.07. The average molecular weight is 529 g/mol. The number of aliphatic imine (C=N–C) groups is 1. The summed E-state index contributed by atoms with van der Waals surface area (Å²) >= 11 is 0. The van der Waals surface area contributed by atoms with Crippen LogP contribution in [0.25, 0.3) is 0 Å². The van der Waals surface area contributed by atoms with Crippen LogP contribution in [-0.2, 0) is 13.6 Å². The lowest BCUT2D eigenvalue weighted by molar-refractivity contribution is 0.312. The van der Waals surface area contributed by atoms with E-state index in [9.17, 15) is 0 Å². The molecule has 1 aromatic carbocycles. The van der Waals surface area contributed by atoms with Crippen molar-refractivity contribution >= 4 is 29.9 Å². The lowest BCUT2D eigenvalue weighted by atomic mass is 10.1. The Morgan fingerprint density at radius 1 is 1.23 bits per heavy atom. The Morgan fingerprint density at radius 3 is 2.50 bits per heavy atom. The number of aromatic nitrogens is 2. The summed E-state index contributed by atoms with van der Waals surface area (Å²) in [4.78, 5) is 6.90. The molecule has 2 rings (SSSR count). The van der Waals surface area contributed by atoms with Crippen molar-refractivity contribution in [2.45, 2.75) is 39.7 Å². The number of guanidine groups is 1. The van der Waals surface area contributed by atoms with Gasteiger partial charge in [-0.2, -0.15) is 5.10 Å². The van der Waals surface area contributed by atoms with E-state index in [1.165, 1.54) is 5.56 Å². The first-order valence-corrected chi connectivity index (χ1v) is 10.2. The molecule has 0 fully saturated rings. The summed E-state index contributed by atoms with van der Waals surface area (Å²) in [6.07, 6.45) is 2.94. The van der Waals surface area contributed by atoms with Gasteiger partial charge in [0.1, 0.15) is 11.5 Å². The van der Waals surface area contributed by atoms with Crippen molar-refractivity contribution in [1.82, 2.24) is 20.0 Å². The smallest absolute Gasteiger partial charge is 0.193 e. The van der Waals surface area contributed by atoms with E-state index < -0.39 is 0 Å². The molecule has 0 amide bonds. The highest BCUT2D eigenvalue weighted by Crippen LogP contribution is 2.19. The van der Waals surface area contributed by atoms with E-state index in [1.807, 2.05) is 36.0 Å². The zero-order valence-electron chi connectivity index (χ0n) is 19.0. The maximum atomic E-state index is 5.78. The highest BCUT2D eigenvalue weighted by atomic mass is 127. The summed E-state index contributed by atoms with van der Waals surface area (Å²) in [6.45, 7) is 9.36. The number of aryl methyl sites for hydroxylation is 1. The van der Waals surface area contributed by atoms with Crippen LogP contribution in [0.5, 0.6) is 11.5 Å². The van der Waals surface area contributed by atoms with Crippen molar-refractivity contribution in [1.29, 1.82) is 0 Å². The molecule has 0 bridgehead atoms. The molecular formula is C22H36IN5O2. The number of nitrogens with zero attached hydrogens (tertiary/aromatic N) is 4. The summed E-state index contributed by atoms with van der Waals surface area (Å²) in [5, 5.41) is 7.97. The summed E-state index contributed by atoms with van der Waals surface area (Å²) in [7, 11) is 5.69. The number of halogens is 1. The Kier molecular flexibility index (Phi) is 11.6. The van der Waals surface area contributed by atoms with Crippen LogP contribution in [0, 0.1) is 0 Å². The number of benzene rings is 1. The number of methoxy groups -OCH3 is 1. The van der Waals surface area contributed by atoms with Crippen LogP contribution in [-0.4, -0.2) is 54.5 Å². The highest BCUT2D eigenvalue weighted by Gasteiger charge is 2.15. The Hall–Kier alpha value is -1.97. The fraction of sp³-hybridized carbons (Fsp3) is 0.545. The van der Waals surface area contributed by atoms with Crippen molar-refractivity contribution in [3.8, 4) is 11.5 Å². The van der Waals surface area contributed by atoms with Crippen molar-refractivity contribution < 1.29 is 9.47 Å². The minimum absolute atomic E-state index is 0. The number of hydrogen-bond donors (Lipinski definition) is 1. The van der Waals surface area contributed by atoms with Crippen LogP contribution in [0.15, 0.2) is 35.5 Å². The third-order valence-corrected chi connectivity index (χ3v) is 4.48. The number of nitrogens with one attached hydrogen (secondary N) is 1. The molecule has 0 atom stereocenters.